The van der Waals surface area contributed by atoms with Crippen LogP contribution in [-0.2, 0) is 16.6 Å². The molecule has 1 aromatic heterocycles. The van der Waals surface area contributed by atoms with Crippen molar-refractivity contribution in [2.75, 3.05) is 20.6 Å². The monoisotopic (exact) mass is 256 g/mol. The molecule has 0 radical (unpaired) electrons. The molecule has 0 unspecified atom stereocenters. The smallest absolute Gasteiger partial charge is 0.247 e. The Morgan fingerprint density at radius 1 is 1.59 bits per heavy atom. The lowest BCUT2D eigenvalue weighted by Crippen LogP contribution is -2.28. The molecule has 0 saturated heterocycles. The van der Waals surface area contributed by atoms with Crippen LogP contribution >= 0.6 is 0 Å². The molecular weight excluding hydrogens is 240 g/mol. The van der Waals surface area contributed by atoms with Crippen LogP contribution in [0.3, 0.4) is 0 Å². The minimum absolute atomic E-state index is 0.0337. The van der Waals surface area contributed by atoms with Crippen molar-refractivity contribution in [3.8, 4) is 12.3 Å². The molecule has 0 aliphatic heterocycles. The second-order valence-corrected chi connectivity index (χ2v) is 5.60. The lowest BCUT2D eigenvalue weighted by Gasteiger charge is -2.14. The molecule has 17 heavy (non-hydrogen) atoms. The van der Waals surface area contributed by atoms with Gasteiger partial charge in [-0.2, -0.15) is 9.40 Å². The van der Waals surface area contributed by atoms with Gasteiger partial charge in [-0.25, -0.2) is 8.42 Å². The molecule has 0 aliphatic carbocycles. The highest BCUT2D eigenvalue weighted by Gasteiger charge is 2.27. The normalized spacial score (nSPS) is 11.7. The van der Waals surface area contributed by atoms with Crippen molar-refractivity contribution < 1.29 is 8.42 Å². The SMILES string of the molecule is C#CCN(C)S(=O)(=O)c1c(CNC)n[nH]c1C. The average Bonchev–Trinajstić information content (AvgIpc) is 2.61. The Morgan fingerprint density at radius 2 is 2.24 bits per heavy atom. The first-order valence-electron chi connectivity index (χ1n) is 5.03. The van der Waals surface area contributed by atoms with Gasteiger partial charge in [-0.1, -0.05) is 5.92 Å². The summed E-state index contributed by atoms with van der Waals surface area (Å²) in [6, 6.07) is 0. The van der Waals surface area contributed by atoms with Crippen LogP contribution in [-0.4, -0.2) is 43.6 Å². The first kappa shape index (κ1) is 13.7. The number of aromatic nitrogens is 2. The fourth-order valence-corrected chi connectivity index (χ4v) is 2.87. The van der Waals surface area contributed by atoms with Crippen LogP contribution in [0.15, 0.2) is 4.90 Å². The Labute approximate surface area is 101 Å². The minimum atomic E-state index is -3.58. The Morgan fingerprint density at radius 3 is 2.76 bits per heavy atom. The molecule has 0 saturated carbocycles. The predicted octanol–water partition coefficient (Wildman–Crippen LogP) is -0.309. The summed E-state index contributed by atoms with van der Waals surface area (Å²) >= 11 is 0. The van der Waals surface area contributed by atoms with Crippen LogP contribution < -0.4 is 5.32 Å². The molecule has 0 amide bonds. The van der Waals surface area contributed by atoms with E-state index in [2.05, 4.69) is 21.4 Å². The molecule has 0 aromatic carbocycles. The molecule has 0 bridgehead atoms. The fraction of sp³-hybridized carbons (Fsp3) is 0.500. The maximum Gasteiger partial charge on any atom is 0.247 e. The molecule has 0 aliphatic rings. The molecule has 6 nitrogen and oxygen atoms in total. The molecule has 2 N–H and O–H groups in total. The highest BCUT2D eigenvalue weighted by molar-refractivity contribution is 7.89. The van der Waals surface area contributed by atoms with Gasteiger partial charge in [0.2, 0.25) is 10.0 Å². The van der Waals surface area contributed by atoms with Gasteiger partial charge in [0, 0.05) is 13.6 Å². The summed E-state index contributed by atoms with van der Waals surface area (Å²) in [5.41, 5.74) is 0.980. The third-order valence-electron chi connectivity index (χ3n) is 2.29. The van der Waals surface area contributed by atoms with E-state index >= 15 is 0 Å². The molecular formula is C10H16N4O2S. The summed E-state index contributed by atoms with van der Waals surface area (Å²) in [5.74, 6) is 2.31. The zero-order valence-corrected chi connectivity index (χ0v) is 10.9. The maximum atomic E-state index is 12.2. The number of aromatic amines is 1. The third kappa shape index (κ3) is 2.66. The second-order valence-electron chi connectivity index (χ2n) is 3.62. The van der Waals surface area contributed by atoms with E-state index in [0.29, 0.717) is 17.9 Å². The summed E-state index contributed by atoms with van der Waals surface area (Å²) in [7, 11) is -0.407. The predicted molar refractivity (Wildman–Crippen MR) is 64.7 cm³/mol. The minimum Gasteiger partial charge on any atom is -0.314 e. The molecule has 1 aromatic rings. The van der Waals surface area contributed by atoms with Crippen molar-refractivity contribution in [1.82, 2.24) is 19.8 Å². The van der Waals surface area contributed by atoms with Crippen LogP contribution in [0.5, 0.6) is 0 Å². The van der Waals surface area contributed by atoms with E-state index in [0.717, 1.165) is 4.31 Å². The van der Waals surface area contributed by atoms with Crippen LogP contribution in [0.25, 0.3) is 0 Å². The van der Waals surface area contributed by atoms with Crippen LogP contribution in [0.4, 0.5) is 0 Å². The Balaban J connectivity index is 3.23. The van der Waals surface area contributed by atoms with Crippen molar-refractivity contribution in [2.45, 2.75) is 18.4 Å². The average molecular weight is 256 g/mol. The number of sulfonamides is 1. The van der Waals surface area contributed by atoms with E-state index in [1.807, 2.05) is 0 Å². The van der Waals surface area contributed by atoms with Crippen molar-refractivity contribution in [1.29, 1.82) is 0 Å². The van der Waals surface area contributed by atoms with Gasteiger partial charge in [0.05, 0.1) is 17.9 Å². The number of rotatable bonds is 5. The quantitative estimate of drug-likeness (QED) is 0.709. The standard InChI is InChI=1S/C10H16N4O2S/c1-5-6-14(4)17(15,16)10-8(2)12-13-9(10)7-11-3/h1,11H,6-7H2,2-4H3,(H,12,13). The Hall–Kier alpha value is -1.36. The van der Waals surface area contributed by atoms with Gasteiger partial charge in [-0.05, 0) is 14.0 Å². The van der Waals surface area contributed by atoms with Crippen molar-refractivity contribution in [2.24, 2.45) is 0 Å². The number of nitrogens with zero attached hydrogens (tertiary/aromatic N) is 2. The fourth-order valence-electron chi connectivity index (χ4n) is 1.47. The van der Waals surface area contributed by atoms with Crippen LogP contribution in [0.1, 0.15) is 11.4 Å². The Kier molecular flexibility index (Phi) is 4.28. The lowest BCUT2D eigenvalue weighted by atomic mass is 10.4. The number of aryl methyl sites for hydroxylation is 1. The molecule has 0 atom stereocenters. The number of H-pyrrole nitrogens is 1. The van der Waals surface area contributed by atoms with E-state index in [9.17, 15) is 8.42 Å². The molecule has 1 rings (SSSR count). The topological polar surface area (TPSA) is 78.1 Å². The first-order chi connectivity index (χ1) is 7.95. The van der Waals surface area contributed by atoms with Crippen LogP contribution in [0.2, 0.25) is 0 Å². The second kappa shape index (κ2) is 5.31. The van der Waals surface area contributed by atoms with Gasteiger partial charge in [-0.3, -0.25) is 5.10 Å². The highest BCUT2D eigenvalue weighted by atomic mass is 32.2. The van der Waals surface area contributed by atoms with Gasteiger partial charge in [0.1, 0.15) is 4.90 Å². The van der Waals surface area contributed by atoms with E-state index < -0.39 is 10.0 Å². The number of nitrogens with one attached hydrogen (secondary N) is 2. The van der Waals surface area contributed by atoms with E-state index in [-0.39, 0.29) is 11.4 Å². The molecule has 7 heteroatoms. The number of hydrogen-bond acceptors (Lipinski definition) is 4. The Bertz CT molecular complexity index is 527. The zero-order chi connectivity index (χ0) is 13.1. The highest BCUT2D eigenvalue weighted by Crippen LogP contribution is 2.20. The molecule has 1 heterocycles. The van der Waals surface area contributed by atoms with Crippen LogP contribution in [0, 0.1) is 19.3 Å². The summed E-state index contributed by atoms with van der Waals surface area (Å²) < 4.78 is 25.6. The van der Waals surface area contributed by atoms with Gasteiger partial charge in [0.25, 0.3) is 0 Å². The molecule has 94 valence electrons. The summed E-state index contributed by atoms with van der Waals surface area (Å²) in [5, 5.41) is 9.52. The molecule has 0 spiro atoms. The zero-order valence-electron chi connectivity index (χ0n) is 10.1. The van der Waals surface area contributed by atoms with Gasteiger partial charge >= 0.3 is 0 Å². The first-order valence-corrected chi connectivity index (χ1v) is 6.47. The van der Waals surface area contributed by atoms with E-state index in [4.69, 9.17) is 6.42 Å². The summed E-state index contributed by atoms with van der Waals surface area (Å²) in [6.45, 7) is 2.08. The largest absolute Gasteiger partial charge is 0.314 e. The van der Waals surface area contributed by atoms with Crippen molar-refractivity contribution in [3.63, 3.8) is 0 Å². The number of hydrogen-bond donors (Lipinski definition) is 2. The van der Waals surface area contributed by atoms with E-state index in [1.165, 1.54) is 7.05 Å². The van der Waals surface area contributed by atoms with E-state index in [1.54, 1.807) is 14.0 Å². The van der Waals surface area contributed by atoms with Crippen molar-refractivity contribution >= 4 is 10.0 Å². The lowest BCUT2D eigenvalue weighted by molar-refractivity contribution is 0.501. The summed E-state index contributed by atoms with van der Waals surface area (Å²) in [6.07, 6.45) is 5.12. The summed E-state index contributed by atoms with van der Waals surface area (Å²) in [4.78, 5) is 0.199. The van der Waals surface area contributed by atoms with Gasteiger partial charge in [-0.15, -0.1) is 6.42 Å². The number of terminal acetylenes is 1. The molecule has 0 fully saturated rings. The van der Waals surface area contributed by atoms with Gasteiger partial charge in [0.15, 0.2) is 0 Å². The van der Waals surface area contributed by atoms with Crippen molar-refractivity contribution in [3.05, 3.63) is 11.4 Å². The third-order valence-corrected chi connectivity index (χ3v) is 4.30. The maximum absolute atomic E-state index is 12.2. The van der Waals surface area contributed by atoms with Gasteiger partial charge < -0.3 is 5.32 Å².